The van der Waals surface area contributed by atoms with Gasteiger partial charge in [0.25, 0.3) is 0 Å². The lowest BCUT2D eigenvalue weighted by Crippen LogP contribution is -2.14. The average molecular weight is 230 g/mol. The third-order valence-corrected chi connectivity index (χ3v) is 2.29. The first-order valence-electron chi connectivity index (χ1n) is 5.37. The molecule has 0 saturated carbocycles. The molecule has 0 bridgehead atoms. The fourth-order valence-electron chi connectivity index (χ4n) is 1.39. The number of hydroxylamine groups is 1. The first-order valence-corrected chi connectivity index (χ1v) is 5.37. The van der Waals surface area contributed by atoms with Gasteiger partial charge in [-0.15, -0.1) is 0 Å². The van der Waals surface area contributed by atoms with E-state index in [1.807, 2.05) is 30.3 Å². The Balaban J connectivity index is 1.76. The largest absolute Gasteiger partial charge is 0.506 e. The fraction of sp³-hybridized carbons (Fsp3) is 0.154. The Morgan fingerprint density at radius 1 is 1.12 bits per heavy atom. The second kappa shape index (κ2) is 5.98. The molecule has 2 N–H and O–H groups in total. The van der Waals surface area contributed by atoms with Crippen LogP contribution in [0.1, 0.15) is 11.3 Å². The molecular formula is C13H14N2O2. The molecule has 17 heavy (non-hydrogen) atoms. The molecule has 0 radical (unpaired) electrons. The molecule has 2 rings (SSSR count). The summed E-state index contributed by atoms with van der Waals surface area (Å²) in [7, 11) is 0. The van der Waals surface area contributed by atoms with Crippen molar-refractivity contribution >= 4 is 0 Å². The van der Waals surface area contributed by atoms with E-state index in [4.69, 9.17) is 4.84 Å². The summed E-state index contributed by atoms with van der Waals surface area (Å²) in [5.41, 5.74) is 4.43. The van der Waals surface area contributed by atoms with Crippen LogP contribution in [0, 0.1) is 0 Å². The molecule has 0 aliphatic rings. The normalized spacial score (nSPS) is 10.4. The molecule has 1 heterocycles. The zero-order valence-corrected chi connectivity index (χ0v) is 9.34. The zero-order chi connectivity index (χ0) is 11.9. The Morgan fingerprint density at radius 2 is 1.94 bits per heavy atom. The van der Waals surface area contributed by atoms with E-state index in [2.05, 4.69) is 10.5 Å². The van der Waals surface area contributed by atoms with Crippen molar-refractivity contribution in [3.8, 4) is 5.75 Å². The van der Waals surface area contributed by atoms with Gasteiger partial charge in [-0.05, 0) is 17.7 Å². The number of aromatic hydroxyl groups is 1. The molecule has 88 valence electrons. The van der Waals surface area contributed by atoms with Gasteiger partial charge < -0.3 is 5.11 Å². The van der Waals surface area contributed by atoms with Crippen LogP contribution in [0.4, 0.5) is 0 Å². The predicted octanol–water partition coefficient (Wildman–Crippen LogP) is 2.01. The van der Waals surface area contributed by atoms with Gasteiger partial charge in [-0.25, -0.2) is 0 Å². The van der Waals surface area contributed by atoms with Gasteiger partial charge in [0, 0.05) is 6.20 Å². The number of hydrogen-bond acceptors (Lipinski definition) is 4. The Hall–Kier alpha value is -1.91. The minimum Gasteiger partial charge on any atom is -0.506 e. The lowest BCUT2D eigenvalue weighted by molar-refractivity contribution is 0.0225. The van der Waals surface area contributed by atoms with Crippen molar-refractivity contribution < 1.29 is 9.94 Å². The van der Waals surface area contributed by atoms with Gasteiger partial charge in [-0.3, -0.25) is 9.82 Å². The van der Waals surface area contributed by atoms with Crippen molar-refractivity contribution in [1.82, 2.24) is 10.5 Å². The van der Waals surface area contributed by atoms with Crippen molar-refractivity contribution in [3.63, 3.8) is 0 Å². The maximum atomic E-state index is 9.47. The molecule has 0 aliphatic heterocycles. The van der Waals surface area contributed by atoms with E-state index in [1.54, 1.807) is 18.3 Å². The highest BCUT2D eigenvalue weighted by Crippen LogP contribution is 2.11. The van der Waals surface area contributed by atoms with E-state index in [9.17, 15) is 5.11 Å². The van der Waals surface area contributed by atoms with Crippen LogP contribution >= 0.6 is 0 Å². The van der Waals surface area contributed by atoms with Crippen LogP contribution in [0.2, 0.25) is 0 Å². The molecule has 1 aromatic carbocycles. The van der Waals surface area contributed by atoms with Gasteiger partial charge >= 0.3 is 0 Å². The molecule has 0 saturated heterocycles. The number of hydrogen-bond donors (Lipinski definition) is 2. The maximum Gasteiger partial charge on any atom is 0.138 e. The number of benzene rings is 1. The third-order valence-electron chi connectivity index (χ3n) is 2.29. The molecule has 2 aromatic rings. The van der Waals surface area contributed by atoms with Gasteiger partial charge in [-0.1, -0.05) is 30.3 Å². The predicted molar refractivity (Wildman–Crippen MR) is 64.0 cm³/mol. The van der Waals surface area contributed by atoms with Gasteiger partial charge in [0.1, 0.15) is 5.75 Å². The lowest BCUT2D eigenvalue weighted by atomic mass is 10.2. The molecule has 0 aliphatic carbocycles. The molecule has 4 nitrogen and oxygen atoms in total. The highest BCUT2D eigenvalue weighted by molar-refractivity contribution is 5.24. The summed E-state index contributed by atoms with van der Waals surface area (Å²) in [4.78, 5) is 9.31. The van der Waals surface area contributed by atoms with Crippen LogP contribution in [-0.4, -0.2) is 10.1 Å². The van der Waals surface area contributed by atoms with Crippen LogP contribution in [0.25, 0.3) is 0 Å². The van der Waals surface area contributed by atoms with Crippen molar-refractivity contribution in [3.05, 3.63) is 59.9 Å². The number of nitrogens with one attached hydrogen (secondary N) is 1. The molecule has 0 fully saturated rings. The van der Waals surface area contributed by atoms with E-state index >= 15 is 0 Å². The van der Waals surface area contributed by atoms with Crippen molar-refractivity contribution in [2.24, 2.45) is 0 Å². The summed E-state index contributed by atoms with van der Waals surface area (Å²) in [6.45, 7) is 0.855. The minimum atomic E-state index is 0.170. The summed E-state index contributed by atoms with van der Waals surface area (Å²) >= 11 is 0. The van der Waals surface area contributed by atoms with Gasteiger partial charge in [0.15, 0.2) is 0 Å². The summed E-state index contributed by atoms with van der Waals surface area (Å²) < 4.78 is 0. The minimum absolute atomic E-state index is 0.170. The van der Waals surface area contributed by atoms with E-state index < -0.39 is 0 Å². The molecule has 0 atom stereocenters. The van der Waals surface area contributed by atoms with Crippen LogP contribution in [0.5, 0.6) is 5.75 Å². The second-order valence-electron chi connectivity index (χ2n) is 3.56. The molecule has 0 unspecified atom stereocenters. The fourth-order valence-corrected chi connectivity index (χ4v) is 1.39. The van der Waals surface area contributed by atoms with Crippen LogP contribution < -0.4 is 5.48 Å². The summed E-state index contributed by atoms with van der Waals surface area (Å²) in [5, 5.41) is 9.47. The summed E-state index contributed by atoms with van der Waals surface area (Å²) in [5.74, 6) is 0.170. The molecular weight excluding hydrogens is 216 g/mol. The van der Waals surface area contributed by atoms with E-state index in [-0.39, 0.29) is 5.75 Å². The summed E-state index contributed by atoms with van der Waals surface area (Å²) in [6.07, 6.45) is 1.63. The highest BCUT2D eigenvalue weighted by Gasteiger charge is 2.00. The molecule has 0 spiro atoms. The van der Waals surface area contributed by atoms with Gasteiger partial charge in [-0.2, -0.15) is 5.48 Å². The molecule has 1 aromatic heterocycles. The van der Waals surface area contributed by atoms with Crippen molar-refractivity contribution in [1.29, 1.82) is 0 Å². The van der Waals surface area contributed by atoms with Crippen LogP contribution in [0.3, 0.4) is 0 Å². The standard InChI is InChI=1S/C13H14N2O2/c16-13-7-4-8-14-12(13)9-15-17-10-11-5-2-1-3-6-11/h1-8,15-16H,9-10H2. The van der Waals surface area contributed by atoms with Crippen LogP contribution in [0.15, 0.2) is 48.7 Å². The van der Waals surface area contributed by atoms with Crippen molar-refractivity contribution in [2.75, 3.05) is 0 Å². The van der Waals surface area contributed by atoms with E-state index in [0.29, 0.717) is 18.8 Å². The quantitative estimate of drug-likeness (QED) is 0.609. The van der Waals surface area contributed by atoms with Gasteiger partial charge in [0.05, 0.1) is 18.8 Å². The number of nitrogens with zero attached hydrogens (tertiary/aromatic N) is 1. The number of pyridine rings is 1. The lowest BCUT2D eigenvalue weighted by Gasteiger charge is -2.06. The molecule has 0 amide bonds. The Labute approximate surface area is 99.8 Å². The highest BCUT2D eigenvalue weighted by atomic mass is 16.6. The SMILES string of the molecule is Oc1cccnc1CNOCc1ccccc1. The third kappa shape index (κ3) is 3.55. The summed E-state index contributed by atoms with van der Waals surface area (Å²) in [6, 6.07) is 13.1. The number of aromatic nitrogens is 1. The Bertz CT molecular complexity index is 460. The van der Waals surface area contributed by atoms with E-state index in [1.165, 1.54) is 0 Å². The topological polar surface area (TPSA) is 54.4 Å². The first-order chi connectivity index (χ1) is 8.36. The van der Waals surface area contributed by atoms with Gasteiger partial charge in [0.2, 0.25) is 0 Å². The van der Waals surface area contributed by atoms with Crippen LogP contribution in [-0.2, 0) is 18.0 Å². The zero-order valence-electron chi connectivity index (χ0n) is 9.34. The molecule has 4 heteroatoms. The first kappa shape index (κ1) is 11.6. The number of rotatable bonds is 5. The van der Waals surface area contributed by atoms with E-state index in [0.717, 1.165) is 5.56 Å². The second-order valence-corrected chi connectivity index (χ2v) is 3.56. The Morgan fingerprint density at radius 3 is 2.71 bits per heavy atom. The maximum absolute atomic E-state index is 9.47. The Kier molecular flexibility index (Phi) is 4.07. The monoisotopic (exact) mass is 230 g/mol. The average Bonchev–Trinajstić information content (AvgIpc) is 2.38. The van der Waals surface area contributed by atoms with Crippen molar-refractivity contribution in [2.45, 2.75) is 13.2 Å². The smallest absolute Gasteiger partial charge is 0.138 e.